The van der Waals surface area contributed by atoms with E-state index in [1.807, 2.05) is 0 Å². The Balaban J connectivity index is 0.786. The third-order valence-electron chi connectivity index (χ3n) is 18.2. The summed E-state index contributed by atoms with van der Waals surface area (Å²) in [5.41, 5.74) is 28.4. The van der Waals surface area contributed by atoms with Gasteiger partial charge in [0.2, 0.25) is 0 Å². The van der Waals surface area contributed by atoms with Crippen molar-refractivity contribution in [3.63, 3.8) is 0 Å². The zero-order chi connectivity index (χ0) is 51.6. The van der Waals surface area contributed by atoms with Crippen molar-refractivity contribution in [2.75, 3.05) is 9.80 Å². The lowest BCUT2D eigenvalue weighted by molar-refractivity contribution is 0.550. The van der Waals surface area contributed by atoms with Crippen molar-refractivity contribution in [1.29, 1.82) is 0 Å². The second-order valence-electron chi connectivity index (χ2n) is 22.3. The van der Waals surface area contributed by atoms with Crippen LogP contribution < -0.4 is 9.80 Å². The van der Waals surface area contributed by atoms with Crippen molar-refractivity contribution in [1.82, 2.24) is 0 Å². The van der Waals surface area contributed by atoms with Crippen LogP contribution in [0.25, 0.3) is 66.8 Å². The Bertz CT molecular complexity index is 3990. The fourth-order valence-corrected chi connectivity index (χ4v) is 14.5. The molecule has 0 aliphatic heterocycles. The zero-order valence-electron chi connectivity index (χ0n) is 44.0. The van der Waals surface area contributed by atoms with Crippen molar-refractivity contribution in [3.8, 4) is 66.8 Å². The number of rotatable bonds is 10. The third kappa shape index (κ3) is 7.68. The molecule has 0 heterocycles. The Morgan fingerprint density at radius 2 is 0.526 bits per heavy atom. The van der Waals surface area contributed by atoms with E-state index in [1.54, 1.807) is 0 Å². The summed E-state index contributed by atoms with van der Waals surface area (Å²) in [5.74, 6) is 0. The Kier molecular flexibility index (Phi) is 11.2. The van der Waals surface area contributed by atoms with Crippen molar-refractivity contribution in [3.05, 3.63) is 289 Å². The molecule has 0 bridgehead atoms. The number of nitrogens with zero attached hydrogens (tertiary/aromatic N) is 2. The van der Waals surface area contributed by atoms with Crippen LogP contribution in [-0.2, 0) is 10.8 Å². The maximum Gasteiger partial charge on any atom is 0.0468 e. The van der Waals surface area contributed by atoms with Crippen molar-refractivity contribution >= 4 is 34.1 Å². The van der Waals surface area contributed by atoms with E-state index in [0.29, 0.717) is 0 Å². The van der Waals surface area contributed by atoms with Crippen LogP contribution >= 0.6 is 0 Å². The molecule has 0 saturated heterocycles. The Morgan fingerprint density at radius 1 is 0.205 bits per heavy atom. The Hall–Kier alpha value is -8.98. The molecular weight excluding hydrogens is 941 g/mol. The van der Waals surface area contributed by atoms with Gasteiger partial charge in [-0.15, -0.1) is 0 Å². The molecule has 78 heavy (non-hydrogen) atoms. The van der Waals surface area contributed by atoms with E-state index in [4.69, 9.17) is 0 Å². The van der Waals surface area contributed by atoms with Gasteiger partial charge in [0.05, 0.1) is 0 Å². The maximum atomic E-state index is 2.56. The summed E-state index contributed by atoms with van der Waals surface area (Å²) >= 11 is 0. The third-order valence-corrected chi connectivity index (χ3v) is 18.2. The minimum absolute atomic E-state index is 0.0787. The van der Waals surface area contributed by atoms with Gasteiger partial charge < -0.3 is 9.80 Å². The SMILES string of the molecule is c1ccc(-c2ccc(N(c3ccc(-c4ccc(N(c5ccc6c(c5)-c5ccccc5C65CCCC5)c5ccc6c(c5)C5(CCCC5)c5ccccc5-6)cc4)cc3)c3ccc(-c4cccc(-c5ccccc5)c4)cc3)cc2)cc1. The van der Waals surface area contributed by atoms with Gasteiger partial charge in [-0.25, -0.2) is 0 Å². The van der Waals surface area contributed by atoms with Gasteiger partial charge in [-0.2, -0.15) is 0 Å². The zero-order valence-corrected chi connectivity index (χ0v) is 44.0. The van der Waals surface area contributed by atoms with E-state index in [2.05, 4.69) is 277 Å². The second kappa shape index (κ2) is 18.9. The fourth-order valence-electron chi connectivity index (χ4n) is 14.5. The van der Waals surface area contributed by atoms with Gasteiger partial charge in [0.1, 0.15) is 0 Å². The standard InChI is InChI=1S/C76H60N2/c1-3-16-53(17-4-1)55-26-34-61(35-27-55)77(63-40-32-58(33-41-63)60-21-15-20-59(50-60)54-18-5-2-6-19-54)62-36-28-56(29-37-62)57-30-38-64(39-31-57)78(65-43-45-73-70(51-65)68-23-8-10-25-72(68)75(73)46-11-12-47-75)66-42-44-69-67-22-7-9-24-71(67)76(74(69)52-66)48-13-14-49-76/h1-10,15-45,50-52H,11-14,46-49H2. The number of hydrogen-bond acceptors (Lipinski definition) is 2. The molecular formula is C76H60N2. The molecule has 15 rings (SSSR count). The summed E-state index contributed by atoms with van der Waals surface area (Å²) in [4.78, 5) is 4.91. The van der Waals surface area contributed by atoms with Crippen LogP contribution in [0.2, 0.25) is 0 Å². The van der Waals surface area contributed by atoms with Crippen molar-refractivity contribution in [2.45, 2.75) is 62.2 Å². The molecule has 2 spiro atoms. The monoisotopic (exact) mass is 1000 g/mol. The number of anilines is 6. The number of fused-ring (bicyclic) bond motifs is 10. The molecule has 2 saturated carbocycles. The molecule has 11 aromatic rings. The summed E-state index contributed by atoms with van der Waals surface area (Å²) in [5, 5.41) is 0. The molecule has 0 radical (unpaired) electrons. The highest BCUT2D eigenvalue weighted by molar-refractivity contribution is 5.90. The smallest absolute Gasteiger partial charge is 0.0468 e. The molecule has 2 fully saturated rings. The molecule has 0 unspecified atom stereocenters. The van der Waals surface area contributed by atoms with Crippen LogP contribution in [-0.4, -0.2) is 0 Å². The van der Waals surface area contributed by atoms with Gasteiger partial charge in [-0.05, 0) is 194 Å². The summed E-state index contributed by atoms with van der Waals surface area (Å²) in [7, 11) is 0. The number of hydrogen-bond donors (Lipinski definition) is 0. The molecule has 4 aliphatic carbocycles. The van der Waals surface area contributed by atoms with E-state index >= 15 is 0 Å². The average molecular weight is 1000 g/mol. The predicted molar refractivity (Wildman–Crippen MR) is 327 cm³/mol. The van der Waals surface area contributed by atoms with Crippen molar-refractivity contribution < 1.29 is 0 Å². The molecule has 0 aromatic heterocycles. The lowest BCUT2D eigenvalue weighted by Crippen LogP contribution is -2.21. The quantitative estimate of drug-likeness (QED) is 0.135. The van der Waals surface area contributed by atoms with Crippen LogP contribution in [0.4, 0.5) is 34.1 Å². The summed E-state index contributed by atoms with van der Waals surface area (Å²) in [6, 6.07) is 99.8. The summed E-state index contributed by atoms with van der Waals surface area (Å²) < 4.78 is 0. The highest BCUT2D eigenvalue weighted by Crippen LogP contribution is 2.60. The minimum atomic E-state index is 0.0787. The van der Waals surface area contributed by atoms with E-state index in [9.17, 15) is 0 Å². The van der Waals surface area contributed by atoms with Crippen LogP contribution in [0, 0.1) is 0 Å². The highest BCUT2D eigenvalue weighted by atomic mass is 15.1. The first-order valence-corrected chi connectivity index (χ1v) is 28.3. The van der Waals surface area contributed by atoms with E-state index in [0.717, 1.165) is 22.7 Å². The van der Waals surface area contributed by atoms with Gasteiger partial charge >= 0.3 is 0 Å². The van der Waals surface area contributed by atoms with E-state index in [1.165, 1.54) is 152 Å². The van der Waals surface area contributed by atoms with Gasteiger partial charge in [0, 0.05) is 45.0 Å². The average Bonchev–Trinajstić information content (AvgIpc) is 4.12. The van der Waals surface area contributed by atoms with Crippen LogP contribution in [0.3, 0.4) is 0 Å². The van der Waals surface area contributed by atoms with Crippen LogP contribution in [0.15, 0.2) is 267 Å². The molecule has 374 valence electrons. The summed E-state index contributed by atoms with van der Waals surface area (Å²) in [6.45, 7) is 0. The Labute approximate surface area is 459 Å². The normalized spacial score (nSPS) is 15.0. The molecule has 2 nitrogen and oxygen atoms in total. The predicted octanol–water partition coefficient (Wildman–Crippen LogP) is 21.0. The van der Waals surface area contributed by atoms with Gasteiger partial charge in [-0.3, -0.25) is 0 Å². The molecule has 4 aliphatic rings. The highest BCUT2D eigenvalue weighted by Gasteiger charge is 2.46. The Morgan fingerprint density at radius 3 is 1.03 bits per heavy atom. The van der Waals surface area contributed by atoms with E-state index in [-0.39, 0.29) is 10.8 Å². The molecule has 2 heteroatoms. The minimum Gasteiger partial charge on any atom is -0.311 e. The molecule has 0 atom stereocenters. The summed E-state index contributed by atoms with van der Waals surface area (Å²) in [6.07, 6.45) is 10.0. The second-order valence-corrected chi connectivity index (χ2v) is 22.3. The van der Waals surface area contributed by atoms with Crippen LogP contribution in [0.5, 0.6) is 0 Å². The molecule has 0 N–H and O–H groups in total. The molecule has 0 amide bonds. The number of benzene rings is 11. The first kappa shape index (κ1) is 46.3. The lowest BCUT2D eigenvalue weighted by atomic mass is 9.76. The van der Waals surface area contributed by atoms with E-state index < -0.39 is 0 Å². The maximum absolute atomic E-state index is 2.56. The van der Waals surface area contributed by atoms with Gasteiger partial charge in [0.25, 0.3) is 0 Å². The fraction of sp³-hybridized carbons (Fsp3) is 0.132. The van der Waals surface area contributed by atoms with Gasteiger partial charge in [0.15, 0.2) is 0 Å². The largest absolute Gasteiger partial charge is 0.311 e. The molecule has 11 aromatic carbocycles. The first-order chi connectivity index (χ1) is 38.6. The topological polar surface area (TPSA) is 6.48 Å². The lowest BCUT2D eigenvalue weighted by Gasteiger charge is -2.31. The van der Waals surface area contributed by atoms with Crippen LogP contribution in [0.1, 0.15) is 73.6 Å². The van der Waals surface area contributed by atoms with Gasteiger partial charge in [-0.1, -0.05) is 214 Å². The first-order valence-electron chi connectivity index (χ1n) is 28.3. The van der Waals surface area contributed by atoms with Crippen molar-refractivity contribution in [2.24, 2.45) is 0 Å².